The molecule has 5 heteroatoms. The normalized spacial score (nSPS) is 19.0. The van der Waals surface area contributed by atoms with Gasteiger partial charge in [-0.3, -0.25) is 0 Å². The van der Waals surface area contributed by atoms with E-state index in [-0.39, 0.29) is 5.92 Å². The van der Waals surface area contributed by atoms with Gasteiger partial charge in [0.1, 0.15) is 5.84 Å². The number of piperazine rings is 1. The van der Waals surface area contributed by atoms with Gasteiger partial charge in [-0.2, -0.15) is 0 Å². The van der Waals surface area contributed by atoms with E-state index in [1.807, 2.05) is 24.3 Å². The Labute approximate surface area is 206 Å². The maximum Gasteiger partial charge on any atom is 0.105 e. The first kappa shape index (κ1) is 22.1. The number of allylic oxidation sites excluding steroid dienone is 2. The third-order valence-corrected chi connectivity index (χ3v) is 7.19. The summed E-state index contributed by atoms with van der Waals surface area (Å²) in [4.78, 5) is 9.95. The minimum atomic E-state index is 0.265. The number of amidine groups is 1. The van der Waals surface area contributed by atoms with Crippen molar-refractivity contribution in [2.24, 2.45) is 4.99 Å². The fraction of sp³-hybridized carbons (Fsp3) is 0.250. The molecule has 2 aliphatic rings. The van der Waals surface area contributed by atoms with Gasteiger partial charge in [0.2, 0.25) is 0 Å². The highest BCUT2D eigenvalue weighted by Gasteiger charge is 2.30. The van der Waals surface area contributed by atoms with Crippen molar-refractivity contribution >= 4 is 40.3 Å². The Bertz CT molecular complexity index is 1180. The first-order chi connectivity index (χ1) is 16.1. The molecule has 3 aromatic rings. The molecule has 1 saturated heterocycles. The monoisotopic (exact) mass is 475 g/mol. The fourth-order valence-corrected chi connectivity index (χ4v) is 5.34. The van der Waals surface area contributed by atoms with E-state index >= 15 is 0 Å². The van der Waals surface area contributed by atoms with Gasteiger partial charge in [-0.1, -0.05) is 77.8 Å². The highest BCUT2D eigenvalue weighted by Crippen LogP contribution is 2.41. The zero-order valence-electron chi connectivity index (χ0n) is 18.7. The average molecular weight is 476 g/mol. The van der Waals surface area contributed by atoms with Crippen molar-refractivity contribution in [1.82, 2.24) is 4.90 Å². The molecule has 0 spiro atoms. The van der Waals surface area contributed by atoms with Crippen molar-refractivity contribution in [3.05, 3.63) is 106 Å². The standard InChI is InChI=1S/C28H27Cl2N3/c1-20-28(22-11-13-23(29)14-12-22)24(21-7-3-2-4-8-21)19-27(31-20)33-17-15-32(16-18-33)26-10-6-5-9-25(26)30/h2-14,24H,15-19H2,1H3. The molecule has 1 atom stereocenters. The van der Waals surface area contributed by atoms with E-state index < -0.39 is 0 Å². The van der Waals surface area contributed by atoms with Gasteiger partial charge < -0.3 is 9.80 Å². The number of benzene rings is 3. The van der Waals surface area contributed by atoms with Gasteiger partial charge in [0.25, 0.3) is 0 Å². The Morgan fingerprint density at radius 2 is 1.39 bits per heavy atom. The van der Waals surface area contributed by atoms with Gasteiger partial charge in [-0.05, 0) is 47.9 Å². The Kier molecular flexibility index (Phi) is 6.43. The molecule has 2 aliphatic heterocycles. The topological polar surface area (TPSA) is 18.8 Å². The zero-order valence-corrected chi connectivity index (χ0v) is 20.2. The van der Waals surface area contributed by atoms with E-state index in [0.29, 0.717) is 0 Å². The molecule has 0 aromatic heterocycles. The van der Waals surface area contributed by atoms with E-state index in [1.165, 1.54) is 22.5 Å². The number of para-hydroxylation sites is 1. The van der Waals surface area contributed by atoms with Crippen LogP contribution in [0, 0.1) is 0 Å². The summed E-state index contributed by atoms with van der Waals surface area (Å²) in [6, 6.07) is 27.0. The first-order valence-electron chi connectivity index (χ1n) is 11.4. The van der Waals surface area contributed by atoms with Crippen molar-refractivity contribution in [3.8, 4) is 0 Å². The summed E-state index contributed by atoms with van der Waals surface area (Å²) in [6.07, 6.45) is 0.894. The molecule has 1 unspecified atom stereocenters. The molecule has 33 heavy (non-hydrogen) atoms. The van der Waals surface area contributed by atoms with E-state index in [2.05, 4.69) is 71.3 Å². The second-order valence-corrected chi connectivity index (χ2v) is 9.47. The Balaban J connectivity index is 1.43. The van der Waals surface area contributed by atoms with Crippen LogP contribution < -0.4 is 4.90 Å². The summed E-state index contributed by atoms with van der Waals surface area (Å²) < 4.78 is 0. The maximum absolute atomic E-state index is 6.44. The molecule has 0 saturated carbocycles. The molecule has 3 aromatic carbocycles. The number of nitrogens with zero attached hydrogens (tertiary/aromatic N) is 3. The third-order valence-electron chi connectivity index (χ3n) is 6.62. The summed E-state index contributed by atoms with van der Waals surface area (Å²) >= 11 is 12.6. The van der Waals surface area contributed by atoms with Crippen LogP contribution in [-0.4, -0.2) is 36.9 Å². The van der Waals surface area contributed by atoms with E-state index in [9.17, 15) is 0 Å². The van der Waals surface area contributed by atoms with Crippen molar-refractivity contribution in [2.75, 3.05) is 31.1 Å². The maximum atomic E-state index is 6.44. The van der Waals surface area contributed by atoms with Crippen LogP contribution in [0.5, 0.6) is 0 Å². The van der Waals surface area contributed by atoms with Crippen LogP contribution in [0.15, 0.2) is 89.6 Å². The Morgan fingerprint density at radius 3 is 2.09 bits per heavy atom. The van der Waals surface area contributed by atoms with Crippen molar-refractivity contribution in [2.45, 2.75) is 19.3 Å². The summed E-state index contributed by atoms with van der Waals surface area (Å²) in [7, 11) is 0. The average Bonchev–Trinajstić information content (AvgIpc) is 2.85. The summed E-state index contributed by atoms with van der Waals surface area (Å²) in [5.41, 5.74) is 6.01. The van der Waals surface area contributed by atoms with Gasteiger partial charge >= 0.3 is 0 Å². The van der Waals surface area contributed by atoms with Crippen LogP contribution in [0.2, 0.25) is 10.0 Å². The van der Waals surface area contributed by atoms with Gasteiger partial charge in [-0.15, -0.1) is 0 Å². The molecule has 2 heterocycles. The highest BCUT2D eigenvalue weighted by molar-refractivity contribution is 6.33. The van der Waals surface area contributed by atoms with E-state index in [4.69, 9.17) is 28.2 Å². The van der Waals surface area contributed by atoms with Crippen molar-refractivity contribution in [3.63, 3.8) is 0 Å². The number of hydrogen-bond donors (Lipinski definition) is 0. The van der Waals surface area contributed by atoms with Gasteiger partial charge in [0.05, 0.1) is 10.7 Å². The highest BCUT2D eigenvalue weighted by atomic mass is 35.5. The second kappa shape index (κ2) is 9.62. The molecular weight excluding hydrogens is 449 g/mol. The van der Waals surface area contributed by atoms with Crippen LogP contribution in [0.25, 0.3) is 5.57 Å². The second-order valence-electron chi connectivity index (χ2n) is 8.63. The van der Waals surface area contributed by atoms with Crippen LogP contribution in [0.3, 0.4) is 0 Å². The lowest BCUT2D eigenvalue weighted by Crippen LogP contribution is -2.49. The van der Waals surface area contributed by atoms with Gasteiger partial charge in [-0.25, -0.2) is 4.99 Å². The van der Waals surface area contributed by atoms with E-state index in [1.54, 1.807) is 0 Å². The molecule has 168 valence electrons. The molecule has 0 N–H and O–H groups in total. The third kappa shape index (κ3) is 4.66. The van der Waals surface area contributed by atoms with Gasteiger partial charge in [0, 0.05) is 49.2 Å². The number of hydrogen-bond acceptors (Lipinski definition) is 3. The quantitative estimate of drug-likeness (QED) is 0.400. The predicted octanol–water partition coefficient (Wildman–Crippen LogP) is 7.13. The molecule has 5 rings (SSSR count). The smallest absolute Gasteiger partial charge is 0.105 e. The molecule has 0 aliphatic carbocycles. The number of rotatable bonds is 3. The Morgan fingerprint density at radius 1 is 0.758 bits per heavy atom. The zero-order chi connectivity index (χ0) is 22.8. The molecule has 0 radical (unpaired) electrons. The van der Waals surface area contributed by atoms with E-state index in [0.717, 1.165) is 54.0 Å². The predicted molar refractivity (Wildman–Crippen MR) is 141 cm³/mol. The summed E-state index contributed by atoms with van der Waals surface area (Å²) in [5.74, 6) is 1.44. The van der Waals surface area contributed by atoms with Crippen LogP contribution in [0.4, 0.5) is 5.69 Å². The van der Waals surface area contributed by atoms with Crippen molar-refractivity contribution in [1.29, 1.82) is 0 Å². The van der Waals surface area contributed by atoms with Crippen LogP contribution >= 0.6 is 23.2 Å². The van der Waals surface area contributed by atoms with Crippen molar-refractivity contribution < 1.29 is 0 Å². The SMILES string of the molecule is CC1=C(c2ccc(Cl)cc2)C(c2ccccc2)CC(N2CCN(c3ccccc3Cl)CC2)=N1. The molecule has 3 nitrogen and oxygen atoms in total. The summed E-state index contributed by atoms with van der Waals surface area (Å²) in [6.45, 7) is 5.89. The largest absolute Gasteiger partial charge is 0.367 e. The lowest BCUT2D eigenvalue weighted by molar-refractivity contribution is 0.376. The van der Waals surface area contributed by atoms with Crippen LogP contribution in [0.1, 0.15) is 30.4 Å². The molecular formula is C28H27Cl2N3. The molecule has 0 amide bonds. The number of halogens is 2. The lowest BCUT2D eigenvalue weighted by Gasteiger charge is -2.40. The minimum Gasteiger partial charge on any atom is -0.367 e. The first-order valence-corrected chi connectivity index (χ1v) is 12.2. The number of aliphatic imine (C=N–C) groups is 1. The lowest BCUT2D eigenvalue weighted by atomic mass is 9.81. The number of anilines is 1. The Hall–Kier alpha value is -2.75. The summed E-state index contributed by atoms with van der Waals surface area (Å²) in [5, 5.41) is 1.57. The van der Waals surface area contributed by atoms with Crippen LogP contribution in [-0.2, 0) is 0 Å². The van der Waals surface area contributed by atoms with Gasteiger partial charge in [0.15, 0.2) is 0 Å². The fourth-order valence-electron chi connectivity index (χ4n) is 4.96. The molecule has 0 bridgehead atoms. The molecule has 1 fully saturated rings. The minimum absolute atomic E-state index is 0.265.